The normalized spacial score (nSPS) is 12.4. The van der Waals surface area contributed by atoms with Gasteiger partial charge in [-0.3, -0.25) is 14.4 Å². The first kappa shape index (κ1) is 55.4. The molecule has 0 radical (unpaired) electrons. The zero-order valence-electron chi connectivity index (χ0n) is 38.3. The number of hydrogen-bond donors (Lipinski definition) is 0. The van der Waals surface area contributed by atoms with Gasteiger partial charge in [-0.2, -0.15) is 0 Å². The summed E-state index contributed by atoms with van der Waals surface area (Å²) in [5.41, 5.74) is 0. The second-order valence-electron chi connectivity index (χ2n) is 16.4. The van der Waals surface area contributed by atoms with Crippen LogP contribution in [0, 0.1) is 0 Å². The molecule has 0 saturated heterocycles. The van der Waals surface area contributed by atoms with E-state index in [9.17, 15) is 14.4 Å². The standard InChI is InChI=1S/C52H92O6/c1-4-7-10-13-16-19-21-23-25-26-27-29-30-33-36-39-42-45-51(54)57-48-49(47-56-50(53)44-41-38-35-32-18-15-12-9-6-3)58-52(55)46-43-40-37-34-31-28-24-22-20-17-14-11-8-5-2/h9,12,18,28,31-32,38,41,49H,4-8,10-11,13-17,19-27,29-30,33-37,39-40,42-48H2,1-3H3/b12-9-,31-28-,32-18-,41-38-. The van der Waals surface area contributed by atoms with E-state index in [1.807, 2.05) is 6.08 Å². The lowest BCUT2D eigenvalue weighted by molar-refractivity contribution is -0.166. The first-order valence-electron chi connectivity index (χ1n) is 24.6. The number of esters is 3. The Morgan fingerprint density at radius 1 is 0.379 bits per heavy atom. The predicted octanol–water partition coefficient (Wildman–Crippen LogP) is 15.9. The van der Waals surface area contributed by atoms with Gasteiger partial charge in [0.25, 0.3) is 0 Å². The van der Waals surface area contributed by atoms with Gasteiger partial charge >= 0.3 is 17.9 Å². The molecule has 0 saturated carbocycles. The lowest BCUT2D eigenvalue weighted by Crippen LogP contribution is -2.30. The number of carbonyl (C=O) groups is 3. The highest BCUT2D eigenvalue weighted by Crippen LogP contribution is 2.15. The molecule has 0 amide bonds. The third-order valence-electron chi connectivity index (χ3n) is 10.6. The molecule has 0 heterocycles. The molecule has 6 heteroatoms. The van der Waals surface area contributed by atoms with E-state index in [4.69, 9.17) is 14.2 Å². The van der Waals surface area contributed by atoms with Gasteiger partial charge in [0.05, 0.1) is 6.42 Å². The van der Waals surface area contributed by atoms with Crippen LogP contribution in [-0.4, -0.2) is 37.2 Å². The Morgan fingerprint density at radius 3 is 1.21 bits per heavy atom. The lowest BCUT2D eigenvalue weighted by atomic mass is 10.0. The molecule has 0 aromatic carbocycles. The quantitative estimate of drug-likeness (QED) is 0.0264. The Hall–Kier alpha value is -2.63. The van der Waals surface area contributed by atoms with E-state index >= 15 is 0 Å². The van der Waals surface area contributed by atoms with Gasteiger partial charge in [-0.1, -0.05) is 217 Å². The summed E-state index contributed by atoms with van der Waals surface area (Å²) in [6.45, 7) is 6.42. The minimum Gasteiger partial charge on any atom is -0.462 e. The van der Waals surface area contributed by atoms with Gasteiger partial charge in [0.15, 0.2) is 6.10 Å². The fourth-order valence-corrected chi connectivity index (χ4v) is 6.91. The molecule has 1 unspecified atom stereocenters. The molecule has 58 heavy (non-hydrogen) atoms. The van der Waals surface area contributed by atoms with Gasteiger partial charge in [0, 0.05) is 12.8 Å². The van der Waals surface area contributed by atoms with Crippen molar-refractivity contribution < 1.29 is 28.6 Å². The summed E-state index contributed by atoms with van der Waals surface area (Å²) in [6, 6.07) is 0. The van der Waals surface area contributed by atoms with Crippen LogP contribution in [0.4, 0.5) is 0 Å². The summed E-state index contributed by atoms with van der Waals surface area (Å²) < 4.78 is 16.6. The number of ether oxygens (including phenoxy) is 3. The zero-order chi connectivity index (χ0) is 42.3. The summed E-state index contributed by atoms with van der Waals surface area (Å²) in [4.78, 5) is 37.7. The number of hydrogen-bond acceptors (Lipinski definition) is 6. The zero-order valence-corrected chi connectivity index (χ0v) is 38.3. The number of unbranched alkanes of at least 4 members (excludes halogenated alkanes) is 26. The van der Waals surface area contributed by atoms with Crippen LogP contribution in [-0.2, 0) is 28.6 Å². The van der Waals surface area contributed by atoms with Crippen LogP contribution in [0.3, 0.4) is 0 Å². The van der Waals surface area contributed by atoms with E-state index in [1.54, 1.807) is 6.08 Å². The van der Waals surface area contributed by atoms with Crippen molar-refractivity contribution in [2.45, 2.75) is 252 Å². The molecule has 0 aromatic rings. The largest absolute Gasteiger partial charge is 0.462 e. The smallest absolute Gasteiger partial charge is 0.309 e. The van der Waals surface area contributed by atoms with Crippen LogP contribution >= 0.6 is 0 Å². The molecule has 0 aliphatic rings. The second kappa shape index (κ2) is 47.1. The van der Waals surface area contributed by atoms with Crippen LogP contribution in [0.1, 0.15) is 245 Å². The molecular weight excluding hydrogens is 721 g/mol. The van der Waals surface area contributed by atoms with E-state index in [0.717, 1.165) is 70.6 Å². The van der Waals surface area contributed by atoms with Gasteiger partial charge in [-0.25, -0.2) is 0 Å². The van der Waals surface area contributed by atoms with Gasteiger partial charge in [-0.05, 0) is 57.8 Å². The summed E-state index contributed by atoms with van der Waals surface area (Å²) in [5.74, 6) is -1.04. The van der Waals surface area contributed by atoms with Crippen LogP contribution in [0.25, 0.3) is 0 Å². The molecule has 0 spiro atoms. The highest BCUT2D eigenvalue weighted by atomic mass is 16.6. The van der Waals surface area contributed by atoms with E-state index < -0.39 is 12.1 Å². The van der Waals surface area contributed by atoms with Crippen molar-refractivity contribution in [3.05, 3.63) is 48.6 Å². The molecule has 6 nitrogen and oxygen atoms in total. The van der Waals surface area contributed by atoms with Crippen LogP contribution in [0.15, 0.2) is 48.6 Å². The van der Waals surface area contributed by atoms with E-state index in [-0.39, 0.29) is 31.6 Å². The first-order chi connectivity index (χ1) is 28.5. The molecule has 1 atom stereocenters. The third kappa shape index (κ3) is 44.5. The molecular formula is C52H92O6. The maximum Gasteiger partial charge on any atom is 0.309 e. The minimum absolute atomic E-state index is 0.104. The Bertz CT molecular complexity index is 1030. The minimum atomic E-state index is -0.811. The van der Waals surface area contributed by atoms with Crippen molar-refractivity contribution in [2.75, 3.05) is 13.2 Å². The van der Waals surface area contributed by atoms with Crippen LogP contribution in [0.5, 0.6) is 0 Å². The molecule has 0 aliphatic carbocycles. The van der Waals surface area contributed by atoms with E-state index in [1.165, 1.54) is 135 Å². The van der Waals surface area contributed by atoms with Crippen LogP contribution < -0.4 is 0 Å². The number of rotatable bonds is 44. The highest BCUT2D eigenvalue weighted by molar-refractivity contribution is 5.72. The third-order valence-corrected chi connectivity index (χ3v) is 10.6. The average Bonchev–Trinajstić information content (AvgIpc) is 3.22. The van der Waals surface area contributed by atoms with Crippen molar-refractivity contribution in [1.29, 1.82) is 0 Å². The lowest BCUT2D eigenvalue weighted by Gasteiger charge is -2.18. The highest BCUT2D eigenvalue weighted by Gasteiger charge is 2.19. The molecule has 0 N–H and O–H groups in total. The maximum absolute atomic E-state index is 12.7. The summed E-state index contributed by atoms with van der Waals surface area (Å²) >= 11 is 0. The van der Waals surface area contributed by atoms with Crippen molar-refractivity contribution in [3.8, 4) is 0 Å². The van der Waals surface area contributed by atoms with Crippen molar-refractivity contribution in [1.82, 2.24) is 0 Å². The first-order valence-corrected chi connectivity index (χ1v) is 24.6. The summed E-state index contributed by atoms with van der Waals surface area (Å²) in [5, 5.41) is 0. The number of allylic oxidation sites excluding steroid dienone is 7. The molecule has 0 aromatic heterocycles. The molecule has 0 aliphatic heterocycles. The monoisotopic (exact) mass is 813 g/mol. The molecule has 0 fully saturated rings. The van der Waals surface area contributed by atoms with Crippen molar-refractivity contribution >= 4 is 17.9 Å². The SMILES string of the molecule is CC/C=C\C/C=C\C/C=C\CC(=O)OCC(COC(=O)CCCCCCCCCCCCCCCCCCC)OC(=O)CCCCC/C=C\CCCCCCCCC. The maximum atomic E-state index is 12.7. The summed E-state index contributed by atoms with van der Waals surface area (Å²) in [7, 11) is 0. The Morgan fingerprint density at radius 2 is 0.741 bits per heavy atom. The van der Waals surface area contributed by atoms with E-state index in [0.29, 0.717) is 12.8 Å². The van der Waals surface area contributed by atoms with Gasteiger partial charge in [0.1, 0.15) is 13.2 Å². The fourth-order valence-electron chi connectivity index (χ4n) is 6.91. The Kier molecular flexibility index (Phi) is 44.9. The van der Waals surface area contributed by atoms with Gasteiger partial charge in [-0.15, -0.1) is 0 Å². The second-order valence-corrected chi connectivity index (χ2v) is 16.4. The molecule has 336 valence electrons. The van der Waals surface area contributed by atoms with Crippen LogP contribution in [0.2, 0.25) is 0 Å². The number of carbonyl (C=O) groups excluding carboxylic acids is 3. The topological polar surface area (TPSA) is 78.9 Å². The summed E-state index contributed by atoms with van der Waals surface area (Å²) in [6.07, 6.45) is 55.6. The predicted molar refractivity (Wildman–Crippen MR) is 247 cm³/mol. The van der Waals surface area contributed by atoms with Gasteiger partial charge in [0.2, 0.25) is 0 Å². The molecule has 0 rings (SSSR count). The fraction of sp³-hybridized carbons (Fsp3) is 0.788. The van der Waals surface area contributed by atoms with Crippen molar-refractivity contribution in [3.63, 3.8) is 0 Å². The molecule has 0 bridgehead atoms. The Labute approximate surface area is 358 Å². The van der Waals surface area contributed by atoms with Crippen molar-refractivity contribution in [2.24, 2.45) is 0 Å². The average molecular weight is 813 g/mol. The Balaban J connectivity index is 4.36. The van der Waals surface area contributed by atoms with E-state index in [2.05, 4.69) is 57.2 Å². The van der Waals surface area contributed by atoms with Gasteiger partial charge < -0.3 is 14.2 Å².